The summed E-state index contributed by atoms with van der Waals surface area (Å²) in [5.74, 6) is 2.08. The molecule has 9 rings (SSSR count). The lowest BCUT2D eigenvalue weighted by atomic mass is 9.76. The highest BCUT2D eigenvalue weighted by atomic mass is 127. The lowest BCUT2D eigenvalue weighted by Crippen LogP contribution is -2.42. The van der Waals surface area contributed by atoms with E-state index in [0.717, 1.165) is 82.3 Å². The number of piperidine rings is 2. The second-order valence-corrected chi connectivity index (χ2v) is 22.6. The van der Waals surface area contributed by atoms with Crippen LogP contribution in [0.1, 0.15) is 142 Å². The van der Waals surface area contributed by atoms with Gasteiger partial charge in [-0.1, -0.05) is 82.2 Å². The Labute approximate surface area is 432 Å². The van der Waals surface area contributed by atoms with Crippen molar-refractivity contribution in [1.29, 1.82) is 0 Å². The highest BCUT2D eigenvalue weighted by Gasteiger charge is 2.38. The Morgan fingerprint density at radius 3 is 1.51 bits per heavy atom. The van der Waals surface area contributed by atoms with Crippen molar-refractivity contribution in [2.75, 3.05) is 30.6 Å². The smallest absolute Gasteiger partial charge is 0.410 e. The van der Waals surface area contributed by atoms with Crippen LogP contribution in [0, 0.1) is 18.8 Å². The Balaban J connectivity index is 0.000000188. The van der Waals surface area contributed by atoms with Crippen LogP contribution < -0.4 is 0 Å². The Bertz CT molecular complexity index is 2700. The van der Waals surface area contributed by atoms with Crippen LogP contribution in [0.15, 0.2) is 85.5 Å². The van der Waals surface area contributed by atoms with Crippen LogP contribution in [0.4, 0.5) is 9.59 Å². The van der Waals surface area contributed by atoms with E-state index >= 15 is 0 Å². The normalized spacial score (nSPS) is 18.5. The zero-order chi connectivity index (χ0) is 49.0. The van der Waals surface area contributed by atoms with Gasteiger partial charge in [0, 0.05) is 83.8 Å². The molecular formula is C56H65Cl2IN6O4. The van der Waals surface area contributed by atoms with E-state index in [9.17, 15) is 9.59 Å². The third-order valence-corrected chi connectivity index (χ3v) is 14.6. The van der Waals surface area contributed by atoms with Crippen LogP contribution in [0.5, 0.6) is 0 Å². The van der Waals surface area contributed by atoms with Crippen LogP contribution in [0.3, 0.4) is 0 Å². The van der Waals surface area contributed by atoms with Gasteiger partial charge in [0.1, 0.15) is 17.0 Å². The van der Waals surface area contributed by atoms with E-state index in [4.69, 9.17) is 42.6 Å². The number of benzene rings is 2. The average molecular weight is 1080 g/mol. The summed E-state index contributed by atoms with van der Waals surface area (Å²) >= 11 is 15.3. The van der Waals surface area contributed by atoms with Gasteiger partial charge in [0.15, 0.2) is 0 Å². The molecule has 364 valence electrons. The van der Waals surface area contributed by atoms with E-state index in [-0.39, 0.29) is 24.0 Å². The summed E-state index contributed by atoms with van der Waals surface area (Å²) in [4.78, 5) is 43.2. The van der Waals surface area contributed by atoms with Crippen LogP contribution in [-0.2, 0) is 16.0 Å². The lowest BCUT2D eigenvalue weighted by molar-refractivity contribution is 0.0167. The van der Waals surface area contributed by atoms with E-state index in [2.05, 4.69) is 80.7 Å². The molecule has 2 unspecified atom stereocenters. The van der Waals surface area contributed by atoms with Crippen molar-refractivity contribution in [1.82, 2.24) is 29.3 Å². The second-order valence-electron chi connectivity index (χ2n) is 20.7. The molecule has 0 spiro atoms. The van der Waals surface area contributed by atoms with E-state index in [0.29, 0.717) is 38.0 Å². The van der Waals surface area contributed by atoms with Gasteiger partial charge in [0.05, 0.1) is 11.4 Å². The van der Waals surface area contributed by atoms with Gasteiger partial charge in [-0.25, -0.2) is 14.6 Å². The van der Waals surface area contributed by atoms with E-state index < -0.39 is 11.2 Å². The minimum absolute atomic E-state index is 0.132. The molecular weight excluding hydrogens is 1020 g/mol. The highest BCUT2D eigenvalue weighted by Crippen LogP contribution is 2.47. The first-order valence-electron chi connectivity index (χ1n) is 24.4. The topological polar surface area (TPSA) is 103 Å². The van der Waals surface area contributed by atoms with Crippen molar-refractivity contribution in [3.05, 3.63) is 146 Å². The number of allylic oxidation sites excluding steroid dienone is 2. The first-order valence-corrected chi connectivity index (χ1v) is 26.6. The first kappa shape index (κ1) is 50.7. The second kappa shape index (κ2) is 21.7. The van der Waals surface area contributed by atoms with E-state index in [1.807, 2.05) is 107 Å². The molecule has 3 aromatic heterocycles. The SMILES string of the molecule is CC(C)(C)OC(=O)N1CCC(C2c3ccc(Cl)cc3C=C(CCI)c3cccnc32)CC1.Cc1nccn1CCC1=Cc2cc(Cl)ccc2C(C2CCN(C(=O)OC(C)(C)C)CC2)c2ncccc21. The summed E-state index contributed by atoms with van der Waals surface area (Å²) in [5, 5.41) is 1.49. The fourth-order valence-electron chi connectivity index (χ4n) is 10.4. The molecule has 0 bridgehead atoms. The number of likely N-dealkylation sites (tertiary alicyclic amines) is 2. The summed E-state index contributed by atoms with van der Waals surface area (Å²) in [6.07, 6.45) is 17.3. The van der Waals surface area contributed by atoms with Crippen molar-refractivity contribution in [2.45, 2.75) is 117 Å². The molecule has 0 N–H and O–H groups in total. The molecule has 2 aliphatic carbocycles. The number of hydrogen-bond acceptors (Lipinski definition) is 7. The number of halogens is 3. The predicted molar refractivity (Wildman–Crippen MR) is 287 cm³/mol. The number of hydrogen-bond donors (Lipinski definition) is 0. The van der Waals surface area contributed by atoms with Gasteiger partial charge in [0.2, 0.25) is 0 Å². The van der Waals surface area contributed by atoms with Gasteiger partial charge >= 0.3 is 12.2 Å². The molecule has 2 aromatic carbocycles. The summed E-state index contributed by atoms with van der Waals surface area (Å²) < 4.78 is 14.5. The molecule has 0 saturated carbocycles. The molecule has 2 saturated heterocycles. The number of imidazole rings is 1. The van der Waals surface area contributed by atoms with Crippen LogP contribution in [-0.4, -0.2) is 83.3 Å². The van der Waals surface area contributed by atoms with Crippen LogP contribution in [0.2, 0.25) is 10.0 Å². The van der Waals surface area contributed by atoms with Crippen LogP contribution >= 0.6 is 45.8 Å². The number of carbonyl (C=O) groups is 2. The summed E-state index contributed by atoms with van der Waals surface area (Å²) in [6.45, 7) is 17.1. The molecule has 5 heterocycles. The molecule has 5 aromatic rings. The van der Waals surface area contributed by atoms with Gasteiger partial charge in [0.25, 0.3) is 0 Å². The maximum atomic E-state index is 12.7. The predicted octanol–water partition coefficient (Wildman–Crippen LogP) is 14.2. The molecule has 2 aliphatic heterocycles. The van der Waals surface area contributed by atoms with Crippen molar-refractivity contribution < 1.29 is 19.1 Å². The Hall–Kier alpha value is -4.72. The quantitative estimate of drug-likeness (QED) is 0.118. The number of aryl methyl sites for hydroxylation is 2. The Morgan fingerprint density at radius 1 is 0.652 bits per heavy atom. The number of ether oxygens (including phenoxy) is 2. The number of nitrogens with zero attached hydrogens (tertiary/aromatic N) is 6. The lowest BCUT2D eigenvalue weighted by Gasteiger charge is -2.37. The van der Waals surface area contributed by atoms with E-state index in [1.165, 1.54) is 39.0 Å². The van der Waals surface area contributed by atoms with Gasteiger partial charge in [-0.05, 0) is 180 Å². The summed E-state index contributed by atoms with van der Waals surface area (Å²) in [6, 6.07) is 20.9. The molecule has 13 heteroatoms. The Morgan fingerprint density at radius 2 is 1.10 bits per heavy atom. The number of carbonyl (C=O) groups excluding carboxylic acids is 2. The maximum absolute atomic E-state index is 12.7. The number of fused-ring (bicyclic) bond motifs is 4. The van der Waals surface area contributed by atoms with Crippen LogP contribution in [0.25, 0.3) is 23.3 Å². The number of alkyl halides is 1. The van der Waals surface area contributed by atoms with Crippen molar-refractivity contribution in [3.8, 4) is 0 Å². The van der Waals surface area contributed by atoms with Gasteiger partial charge in [-0.3, -0.25) is 9.97 Å². The van der Waals surface area contributed by atoms with Crippen molar-refractivity contribution in [2.24, 2.45) is 11.8 Å². The minimum atomic E-state index is -0.492. The first-order chi connectivity index (χ1) is 33.0. The summed E-state index contributed by atoms with van der Waals surface area (Å²) in [7, 11) is 0. The van der Waals surface area contributed by atoms with Gasteiger partial charge in [-0.2, -0.15) is 0 Å². The minimum Gasteiger partial charge on any atom is -0.444 e. The van der Waals surface area contributed by atoms with Crippen molar-refractivity contribution in [3.63, 3.8) is 0 Å². The number of rotatable bonds is 7. The third kappa shape index (κ3) is 12.2. The fourth-order valence-corrected chi connectivity index (χ4v) is 11.4. The van der Waals surface area contributed by atoms with Gasteiger partial charge < -0.3 is 23.8 Å². The zero-order valence-electron chi connectivity index (χ0n) is 41.0. The molecule has 4 aliphatic rings. The molecule has 0 radical (unpaired) electrons. The molecule has 2 fully saturated rings. The van der Waals surface area contributed by atoms with Gasteiger partial charge in [-0.15, -0.1) is 0 Å². The van der Waals surface area contributed by atoms with E-state index in [1.54, 1.807) is 0 Å². The van der Waals surface area contributed by atoms with Crippen molar-refractivity contribution >= 4 is 81.3 Å². The number of aromatic nitrogens is 4. The monoisotopic (exact) mass is 1080 g/mol. The maximum Gasteiger partial charge on any atom is 0.410 e. The molecule has 69 heavy (non-hydrogen) atoms. The fraction of sp³-hybridized carbons (Fsp3) is 0.446. The molecule has 10 nitrogen and oxygen atoms in total. The largest absolute Gasteiger partial charge is 0.444 e. The number of pyridine rings is 2. The highest BCUT2D eigenvalue weighted by molar-refractivity contribution is 14.1. The molecule has 2 amide bonds. The molecule has 2 atom stereocenters. The summed E-state index contributed by atoms with van der Waals surface area (Å²) in [5.41, 5.74) is 11.2. The third-order valence-electron chi connectivity index (χ3n) is 13.6. The zero-order valence-corrected chi connectivity index (χ0v) is 44.7. The standard InChI is InChI=1S/C30H35ClN4O2.C26H30ClIN2O2/c1-20-32-13-17-34(20)14-11-22-18-23-19-24(31)7-8-25(23)27(28-26(22)6-5-12-33-28)21-9-15-35(16-10-21)29(36)37-30(2,3)4;1-26(2,3)32-25(31)30-13-9-17(10-14-30)23-21-7-6-20(27)16-19(21)15-18(8-11-28)22-5-4-12-29-24(22)23/h5-8,12-13,17-19,21,27H,9-11,14-16H2,1-4H3;4-7,12,15-17,23H,8-11,13-14H2,1-3H3. The number of amides is 2. The average Bonchev–Trinajstić information content (AvgIpc) is 3.60. The Kier molecular flexibility index (Phi) is 16.0.